The van der Waals surface area contributed by atoms with E-state index >= 15 is 0 Å². The first kappa shape index (κ1) is 34.5. The molecule has 236 valence electrons. The maximum absolute atomic E-state index is 12.6. The van der Waals surface area contributed by atoms with E-state index in [0.29, 0.717) is 43.3 Å². The van der Waals surface area contributed by atoms with E-state index in [1.807, 2.05) is 6.92 Å². The van der Waals surface area contributed by atoms with Crippen molar-refractivity contribution < 1.29 is 34.3 Å². The van der Waals surface area contributed by atoms with Crippen LogP contribution in [0.3, 0.4) is 0 Å². The zero-order valence-electron chi connectivity index (χ0n) is 26.2. The molecule has 0 aromatic carbocycles. The normalized spacial score (nSPS) is 31.1. The molecule has 1 saturated heterocycles. The molecule has 3 N–H and O–H groups in total. The number of hydrogen-bond acceptors (Lipinski definition) is 7. The summed E-state index contributed by atoms with van der Waals surface area (Å²) in [5.74, 6) is 0.662. The summed E-state index contributed by atoms with van der Waals surface area (Å²) in [4.78, 5) is 12.6. The van der Waals surface area contributed by atoms with Crippen molar-refractivity contribution in [1.29, 1.82) is 0 Å². The molecule has 42 heavy (non-hydrogen) atoms. The van der Waals surface area contributed by atoms with E-state index in [0.717, 1.165) is 49.7 Å². The predicted molar refractivity (Wildman–Crippen MR) is 165 cm³/mol. The number of ether oxygens (including phenoxy) is 3. The van der Waals surface area contributed by atoms with Crippen LogP contribution in [0, 0.1) is 17.8 Å². The summed E-state index contributed by atoms with van der Waals surface area (Å²) in [6, 6.07) is 0. The van der Waals surface area contributed by atoms with Crippen molar-refractivity contribution >= 4 is 5.97 Å². The molecular formula is C35H54O7. The number of allylic oxidation sites excluding steroid dienone is 6. The summed E-state index contributed by atoms with van der Waals surface area (Å²) in [6.07, 6.45) is 10.7. The number of carbonyl (C=O) groups is 1. The Morgan fingerprint density at radius 1 is 1.07 bits per heavy atom. The van der Waals surface area contributed by atoms with Crippen molar-refractivity contribution in [1.82, 2.24) is 0 Å². The van der Waals surface area contributed by atoms with Crippen molar-refractivity contribution in [2.45, 2.75) is 123 Å². The lowest BCUT2D eigenvalue weighted by Gasteiger charge is -2.37. The molecule has 1 fully saturated rings. The lowest BCUT2D eigenvalue weighted by atomic mass is 9.82. The maximum atomic E-state index is 12.6. The Labute approximate surface area is 253 Å². The monoisotopic (exact) mass is 586 g/mol. The number of aliphatic hydroxyl groups is 3. The van der Waals surface area contributed by atoms with Gasteiger partial charge in [0.25, 0.3) is 0 Å². The Morgan fingerprint density at radius 3 is 2.43 bits per heavy atom. The van der Waals surface area contributed by atoms with E-state index in [2.05, 4.69) is 39.2 Å². The molecule has 7 heteroatoms. The summed E-state index contributed by atoms with van der Waals surface area (Å²) < 4.78 is 16.9. The lowest BCUT2D eigenvalue weighted by Crippen LogP contribution is -2.55. The summed E-state index contributed by atoms with van der Waals surface area (Å²) in [6.45, 7) is 16.3. The third kappa shape index (κ3) is 10.3. The first-order chi connectivity index (χ1) is 20.0. The standard InChI is InChI=1S/C35H54O7/c1-22(2)27-15-13-26(14-16-27)11-7-9-24(5)20-40-35-33(38)32(37)31(21-41-35)42-34(39)25(6)10-8-12-28-17-18-29(23(3)4)19-30(28)36/h10,13,17,24,27,29-33,35-38H,1,3,7-9,11-12,14-16,18-21H2,2,4-6H3/b25-10+/t24-,27+,29-,30-,31-,32+,33-,35-/m1/s1. The Kier molecular flexibility index (Phi) is 13.7. The van der Waals surface area contributed by atoms with Gasteiger partial charge in [0.05, 0.1) is 19.3 Å². The minimum atomic E-state index is -1.32. The van der Waals surface area contributed by atoms with Gasteiger partial charge < -0.3 is 29.5 Å². The van der Waals surface area contributed by atoms with E-state index in [4.69, 9.17) is 14.2 Å². The van der Waals surface area contributed by atoms with Crippen molar-refractivity contribution in [2.24, 2.45) is 17.8 Å². The number of aliphatic hydroxyl groups excluding tert-OH is 3. The van der Waals surface area contributed by atoms with Gasteiger partial charge in [0.1, 0.15) is 12.2 Å². The highest BCUT2D eigenvalue weighted by Gasteiger charge is 2.41. The van der Waals surface area contributed by atoms with Gasteiger partial charge in [0.15, 0.2) is 12.4 Å². The second kappa shape index (κ2) is 16.7. The molecule has 3 aliphatic rings. The molecule has 2 aliphatic carbocycles. The molecule has 1 aliphatic heterocycles. The van der Waals surface area contributed by atoms with Crippen molar-refractivity contribution in [2.75, 3.05) is 13.2 Å². The van der Waals surface area contributed by atoms with Gasteiger partial charge in [0, 0.05) is 5.57 Å². The molecule has 0 bridgehead atoms. The van der Waals surface area contributed by atoms with Crippen LogP contribution in [0.4, 0.5) is 0 Å². The Bertz CT molecular complexity index is 1020. The summed E-state index contributed by atoms with van der Waals surface area (Å²) >= 11 is 0. The zero-order valence-corrected chi connectivity index (χ0v) is 26.2. The average Bonchev–Trinajstić information content (AvgIpc) is 2.96. The SMILES string of the molecule is C=C(C)[C@@H]1CC=C(CC/C=C(\C)C(=O)O[C@@H]2CO[C@@H](OC[C@H](C)CCCC3=CC[C@H](C(=C)C)CC3)[C@H](O)[C@H]2O)[C@H](O)C1. The van der Waals surface area contributed by atoms with E-state index in [9.17, 15) is 20.1 Å². The van der Waals surface area contributed by atoms with Crippen LogP contribution in [0.15, 0.2) is 59.3 Å². The Hall–Kier alpha value is -2.03. The third-order valence-electron chi connectivity index (χ3n) is 9.14. The molecular weight excluding hydrogens is 532 g/mol. The van der Waals surface area contributed by atoms with Crippen molar-refractivity contribution in [3.05, 3.63) is 59.3 Å². The molecule has 0 radical (unpaired) electrons. The van der Waals surface area contributed by atoms with Crippen LogP contribution in [0.2, 0.25) is 0 Å². The largest absolute Gasteiger partial charge is 0.454 e. The number of rotatable bonds is 14. The number of hydrogen-bond donors (Lipinski definition) is 3. The van der Waals surface area contributed by atoms with Gasteiger partial charge in [-0.1, -0.05) is 55.0 Å². The molecule has 1 heterocycles. The van der Waals surface area contributed by atoms with Crippen LogP contribution < -0.4 is 0 Å². The number of carbonyl (C=O) groups excluding carboxylic acids is 1. The Balaban J connectivity index is 1.34. The van der Waals surface area contributed by atoms with Crippen LogP contribution in [0.5, 0.6) is 0 Å². The first-order valence-corrected chi connectivity index (χ1v) is 15.8. The molecule has 3 rings (SSSR count). The van der Waals surface area contributed by atoms with Crippen LogP contribution in [-0.4, -0.2) is 65.2 Å². The maximum Gasteiger partial charge on any atom is 0.333 e. The summed E-state index contributed by atoms with van der Waals surface area (Å²) in [7, 11) is 0. The van der Waals surface area contributed by atoms with Crippen LogP contribution in [0.25, 0.3) is 0 Å². The first-order valence-electron chi connectivity index (χ1n) is 15.8. The molecule has 0 saturated carbocycles. The van der Waals surface area contributed by atoms with E-state index in [1.165, 1.54) is 17.6 Å². The van der Waals surface area contributed by atoms with Crippen molar-refractivity contribution in [3.63, 3.8) is 0 Å². The minimum Gasteiger partial charge on any atom is -0.454 e. The lowest BCUT2D eigenvalue weighted by molar-refractivity contribution is -0.275. The fourth-order valence-electron chi connectivity index (χ4n) is 5.99. The smallest absolute Gasteiger partial charge is 0.333 e. The molecule has 0 spiro atoms. The Morgan fingerprint density at radius 2 is 1.79 bits per heavy atom. The van der Waals surface area contributed by atoms with E-state index in [-0.39, 0.29) is 12.5 Å². The van der Waals surface area contributed by atoms with Gasteiger partial charge in [-0.3, -0.25) is 0 Å². The van der Waals surface area contributed by atoms with Crippen LogP contribution in [0.1, 0.15) is 91.9 Å². The van der Waals surface area contributed by atoms with Gasteiger partial charge in [-0.2, -0.15) is 0 Å². The molecule has 7 nitrogen and oxygen atoms in total. The molecule has 0 amide bonds. The van der Waals surface area contributed by atoms with Gasteiger partial charge in [-0.05, 0) is 108 Å². The molecule has 8 atom stereocenters. The van der Waals surface area contributed by atoms with E-state index < -0.39 is 36.7 Å². The molecule has 0 aromatic rings. The van der Waals surface area contributed by atoms with Gasteiger partial charge in [-0.15, -0.1) is 0 Å². The minimum absolute atomic E-state index is 0.0570. The van der Waals surface area contributed by atoms with Crippen LogP contribution >= 0.6 is 0 Å². The third-order valence-corrected chi connectivity index (χ3v) is 9.14. The second-order valence-corrected chi connectivity index (χ2v) is 12.9. The number of esters is 1. The summed E-state index contributed by atoms with van der Waals surface area (Å²) in [5, 5.41) is 31.6. The van der Waals surface area contributed by atoms with E-state index in [1.54, 1.807) is 13.0 Å². The van der Waals surface area contributed by atoms with Gasteiger partial charge >= 0.3 is 5.97 Å². The topological polar surface area (TPSA) is 105 Å². The highest BCUT2D eigenvalue weighted by Crippen LogP contribution is 2.32. The highest BCUT2D eigenvalue weighted by atomic mass is 16.7. The predicted octanol–water partition coefficient (Wildman–Crippen LogP) is 6.10. The quantitative estimate of drug-likeness (QED) is 0.128. The zero-order chi connectivity index (χ0) is 30.8. The molecule has 0 aromatic heterocycles. The van der Waals surface area contributed by atoms with Crippen LogP contribution in [-0.2, 0) is 19.0 Å². The highest BCUT2D eigenvalue weighted by molar-refractivity contribution is 5.87. The summed E-state index contributed by atoms with van der Waals surface area (Å²) in [5.41, 5.74) is 5.31. The second-order valence-electron chi connectivity index (χ2n) is 12.9. The van der Waals surface area contributed by atoms with Gasteiger partial charge in [-0.25, -0.2) is 4.79 Å². The fraction of sp³-hybridized carbons (Fsp3) is 0.686. The molecule has 0 unspecified atom stereocenters. The average molecular weight is 587 g/mol. The van der Waals surface area contributed by atoms with Gasteiger partial charge in [0.2, 0.25) is 0 Å². The fourth-order valence-corrected chi connectivity index (χ4v) is 5.99. The van der Waals surface area contributed by atoms with Crippen molar-refractivity contribution in [3.8, 4) is 0 Å².